The number of rotatable bonds is 3. The second-order valence-corrected chi connectivity index (χ2v) is 6.19. The first-order valence-corrected chi connectivity index (χ1v) is 7.88. The Hall–Kier alpha value is -2.47. The zero-order valence-corrected chi connectivity index (χ0v) is 13.8. The van der Waals surface area contributed by atoms with E-state index >= 15 is 0 Å². The molecule has 2 aromatic carbocycles. The van der Waals surface area contributed by atoms with Gasteiger partial charge in [-0.3, -0.25) is 15.2 Å². The van der Waals surface area contributed by atoms with Crippen molar-refractivity contribution in [2.45, 2.75) is 12.5 Å². The van der Waals surface area contributed by atoms with Gasteiger partial charge in [-0.2, -0.15) is 0 Å². The first kappa shape index (κ1) is 15.4. The molecule has 0 saturated carbocycles. The number of nitrogens with zero attached hydrogens (tertiary/aromatic N) is 1. The maximum atomic E-state index is 12.1. The molecule has 0 aliphatic carbocycles. The van der Waals surface area contributed by atoms with Crippen molar-refractivity contribution >= 4 is 39.6 Å². The van der Waals surface area contributed by atoms with E-state index in [-0.39, 0.29) is 11.7 Å². The van der Waals surface area contributed by atoms with Crippen molar-refractivity contribution in [1.29, 1.82) is 5.41 Å². The van der Waals surface area contributed by atoms with Gasteiger partial charge >= 0.3 is 0 Å². The molecule has 1 aliphatic rings. The predicted molar refractivity (Wildman–Crippen MR) is 94.3 cm³/mol. The van der Waals surface area contributed by atoms with E-state index in [1.165, 1.54) is 0 Å². The van der Waals surface area contributed by atoms with Gasteiger partial charge in [0.15, 0.2) is 0 Å². The van der Waals surface area contributed by atoms with Crippen molar-refractivity contribution in [1.82, 2.24) is 5.32 Å². The van der Waals surface area contributed by atoms with Crippen LogP contribution in [0.4, 0.5) is 5.69 Å². The van der Waals surface area contributed by atoms with E-state index in [0.717, 1.165) is 15.6 Å². The Labute approximate surface area is 142 Å². The molecule has 2 aromatic rings. The number of nitrogens with one attached hydrogen (secondary N) is 2. The van der Waals surface area contributed by atoms with Crippen LogP contribution in [-0.2, 0) is 11.3 Å². The summed E-state index contributed by atoms with van der Waals surface area (Å²) < 4.78 is 0.989. The number of hydrogen-bond acceptors (Lipinski definition) is 3. The zero-order chi connectivity index (χ0) is 16.4. The van der Waals surface area contributed by atoms with Gasteiger partial charge in [0.25, 0.3) is 0 Å². The minimum atomic E-state index is -0.403. The first-order chi connectivity index (χ1) is 11.0. The molecule has 4 N–H and O–H groups in total. The molecule has 1 atom stereocenters. The summed E-state index contributed by atoms with van der Waals surface area (Å²) in [5.74, 6) is -0.435. The number of amides is 1. The third-order valence-corrected chi connectivity index (χ3v) is 4.22. The van der Waals surface area contributed by atoms with Crippen LogP contribution in [0.5, 0.6) is 0 Å². The number of hydrogen-bond donors (Lipinski definition) is 3. The minimum absolute atomic E-state index is 0.0201. The van der Waals surface area contributed by atoms with Gasteiger partial charge in [0.1, 0.15) is 5.84 Å². The number of fused-ring (bicyclic) bond motifs is 1. The average molecular weight is 371 g/mol. The zero-order valence-electron chi connectivity index (χ0n) is 12.2. The van der Waals surface area contributed by atoms with E-state index in [0.29, 0.717) is 17.8 Å². The van der Waals surface area contributed by atoms with Gasteiger partial charge < -0.3 is 11.1 Å². The highest BCUT2D eigenvalue weighted by Crippen LogP contribution is 2.27. The molecule has 0 spiro atoms. The Morgan fingerprint density at radius 3 is 2.74 bits per heavy atom. The maximum Gasteiger partial charge on any atom is 0.233 e. The molecule has 6 heteroatoms. The van der Waals surface area contributed by atoms with Crippen molar-refractivity contribution in [3.05, 3.63) is 63.6 Å². The Balaban J connectivity index is 1.87. The fraction of sp³-hybridized carbons (Fsp3) is 0.118. The second-order valence-electron chi connectivity index (χ2n) is 5.28. The fourth-order valence-electron chi connectivity index (χ4n) is 2.50. The molecule has 1 heterocycles. The summed E-state index contributed by atoms with van der Waals surface area (Å²) in [6.45, 7) is 0.533. The third-order valence-electron chi connectivity index (χ3n) is 3.73. The van der Waals surface area contributed by atoms with E-state index in [1.807, 2.05) is 18.2 Å². The fourth-order valence-corrected chi connectivity index (χ4v) is 2.91. The molecule has 5 nitrogen and oxygen atoms in total. The molecule has 0 fully saturated rings. The van der Waals surface area contributed by atoms with Crippen LogP contribution in [0, 0.1) is 5.41 Å². The van der Waals surface area contributed by atoms with Crippen LogP contribution in [0.3, 0.4) is 0 Å². The van der Waals surface area contributed by atoms with Gasteiger partial charge in [-0.25, -0.2) is 0 Å². The topological polar surface area (TPSA) is 91.3 Å². The maximum absolute atomic E-state index is 12.1. The quantitative estimate of drug-likeness (QED) is 0.572. The molecular weight excluding hydrogens is 356 g/mol. The summed E-state index contributed by atoms with van der Waals surface area (Å²) in [4.78, 5) is 16.5. The summed E-state index contributed by atoms with van der Waals surface area (Å²) in [6.07, 6.45) is 1.66. The number of amidine groups is 1. The highest BCUT2D eigenvalue weighted by molar-refractivity contribution is 9.10. The summed E-state index contributed by atoms with van der Waals surface area (Å²) in [5, 5.41) is 10.3. The normalized spacial score (nSPS) is 16.9. The standard InChI is InChI=1S/C17H15BrN4O/c18-12-3-6-14-11(7-12)8-22-17(23)15(14)9-21-13-4-1-10(2-5-13)16(19)20/h1-7,9,15H,8H2,(H3,19,20)(H,22,23). The molecule has 0 radical (unpaired) electrons. The Morgan fingerprint density at radius 2 is 2.04 bits per heavy atom. The van der Waals surface area contributed by atoms with Crippen LogP contribution < -0.4 is 11.1 Å². The number of halogens is 1. The highest BCUT2D eigenvalue weighted by atomic mass is 79.9. The smallest absolute Gasteiger partial charge is 0.233 e. The lowest BCUT2D eigenvalue weighted by atomic mass is 9.91. The number of carbonyl (C=O) groups excluding carboxylic acids is 1. The summed E-state index contributed by atoms with van der Waals surface area (Å²) in [7, 11) is 0. The third kappa shape index (κ3) is 3.32. The molecule has 0 saturated heterocycles. The van der Waals surface area contributed by atoms with Crippen molar-refractivity contribution in [3.8, 4) is 0 Å². The van der Waals surface area contributed by atoms with Crippen LogP contribution in [0.15, 0.2) is 51.9 Å². The molecule has 1 aliphatic heterocycles. The largest absolute Gasteiger partial charge is 0.384 e. The second kappa shape index (κ2) is 6.34. The SMILES string of the molecule is N=C(N)c1ccc(N=CC2C(=O)NCc3cc(Br)ccc32)cc1. The number of nitrogen functional groups attached to an aromatic ring is 1. The number of nitrogens with two attached hydrogens (primary N) is 1. The molecule has 116 valence electrons. The van der Waals surface area contributed by atoms with E-state index in [2.05, 4.69) is 26.2 Å². The first-order valence-electron chi connectivity index (χ1n) is 7.09. The van der Waals surface area contributed by atoms with Crippen molar-refractivity contribution in [2.24, 2.45) is 10.7 Å². The van der Waals surface area contributed by atoms with Crippen molar-refractivity contribution in [2.75, 3.05) is 0 Å². The summed E-state index contributed by atoms with van der Waals surface area (Å²) in [6, 6.07) is 12.9. The molecular formula is C17H15BrN4O. The van der Waals surface area contributed by atoms with Crippen LogP contribution in [0.2, 0.25) is 0 Å². The lowest BCUT2D eigenvalue weighted by molar-refractivity contribution is -0.121. The van der Waals surface area contributed by atoms with Gasteiger partial charge in [0, 0.05) is 22.8 Å². The van der Waals surface area contributed by atoms with E-state index < -0.39 is 5.92 Å². The van der Waals surface area contributed by atoms with Gasteiger partial charge in [-0.15, -0.1) is 0 Å². The predicted octanol–water partition coefficient (Wildman–Crippen LogP) is 2.85. The van der Waals surface area contributed by atoms with Crippen LogP contribution in [0.25, 0.3) is 0 Å². The minimum Gasteiger partial charge on any atom is -0.384 e. The van der Waals surface area contributed by atoms with E-state index in [1.54, 1.807) is 30.5 Å². The summed E-state index contributed by atoms with van der Waals surface area (Å²) in [5.41, 5.74) is 8.85. The lowest BCUT2D eigenvalue weighted by Gasteiger charge is -2.23. The molecule has 1 amide bonds. The highest BCUT2D eigenvalue weighted by Gasteiger charge is 2.25. The van der Waals surface area contributed by atoms with Crippen LogP contribution >= 0.6 is 15.9 Å². The molecule has 0 bridgehead atoms. The summed E-state index contributed by atoms with van der Waals surface area (Å²) >= 11 is 3.45. The van der Waals surface area contributed by atoms with Gasteiger partial charge in [0.05, 0.1) is 11.6 Å². The number of benzene rings is 2. The molecule has 23 heavy (non-hydrogen) atoms. The molecule has 1 unspecified atom stereocenters. The van der Waals surface area contributed by atoms with Gasteiger partial charge in [-0.05, 0) is 47.5 Å². The monoisotopic (exact) mass is 370 g/mol. The molecule has 0 aromatic heterocycles. The van der Waals surface area contributed by atoms with E-state index in [9.17, 15) is 4.79 Å². The Bertz CT molecular complexity index is 799. The number of aliphatic imine (C=N–C) groups is 1. The van der Waals surface area contributed by atoms with Crippen LogP contribution in [-0.4, -0.2) is 18.0 Å². The number of carbonyl (C=O) groups is 1. The van der Waals surface area contributed by atoms with Crippen LogP contribution in [0.1, 0.15) is 22.6 Å². The molecule has 3 rings (SSSR count). The van der Waals surface area contributed by atoms with Gasteiger partial charge in [-0.1, -0.05) is 22.0 Å². The Morgan fingerprint density at radius 1 is 1.30 bits per heavy atom. The lowest BCUT2D eigenvalue weighted by Crippen LogP contribution is -2.35. The average Bonchev–Trinajstić information content (AvgIpc) is 2.54. The Kier molecular flexibility index (Phi) is 4.25. The van der Waals surface area contributed by atoms with Gasteiger partial charge in [0.2, 0.25) is 5.91 Å². The van der Waals surface area contributed by atoms with Crippen molar-refractivity contribution in [3.63, 3.8) is 0 Å². The van der Waals surface area contributed by atoms with Crippen molar-refractivity contribution < 1.29 is 4.79 Å². The van der Waals surface area contributed by atoms with E-state index in [4.69, 9.17) is 11.1 Å².